The molecule has 2 aromatic carbocycles. The van der Waals surface area contributed by atoms with Gasteiger partial charge in [0.15, 0.2) is 5.16 Å². The van der Waals surface area contributed by atoms with Crippen molar-refractivity contribution in [3.05, 3.63) is 104 Å². The van der Waals surface area contributed by atoms with Crippen molar-refractivity contribution in [1.29, 1.82) is 0 Å². The van der Waals surface area contributed by atoms with Crippen LogP contribution in [0.25, 0.3) is 11.3 Å². The highest BCUT2D eigenvalue weighted by molar-refractivity contribution is 7.99. The van der Waals surface area contributed by atoms with E-state index in [0.29, 0.717) is 29.1 Å². The number of aryl methyl sites for hydroxylation is 2. The van der Waals surface area contributed by atoms with Gasteiger partial charge in [0.05, 0.1) is 34.4 Å². The van der Waals surface area contributed by atoms with Gasteiger partial charge < -0.3 is 23.3 Å². The lowest BCUT2D eigenvalue weighted by Gasteiger charge is -2.27. The standard InChI is InChI=1S/C32H31Cl3N4O3S2/c1-2-39-17-28(37-31(39)43-15-3-4-22-5-8-24(33)16-27(22)34)23-6-9-25(10-7-23)40-18-26-19-41-32(42-26,20-38-14-13-36-21-38)29-11-12-30(35)44-29/h5-14,16-17,21,26H,2-4,15,18-20H2,1H3. The lowest BCUT2D eigenvalue weighted by atomic mass is 10.1. The summed E-state index contributed by atoms with van der Waals surface area (Å²) < 4.78 is 23.7. The molecule has 230 valence electrons. The first-order valence-electron chi connectivity index (χ1n) is 14.3. The van der Waals surface area contributed by atoms with Crippen LogP contribution in [0.5, 0.6) is 5.75 Å². The number of hydrogen-bond donors (Lipinski definition) is 0. The quantitative estimate of drug-likeness (QED) is 0.0910. The van der Waals surface area contributed by atoms with Crippen LogP contribution in [0.4, 0.5) is 0 Å². The first-order chi connectivity index (χ1) is 21.4. The molecule has 44 heavy (non-hydrogen) atoms. The Hall–Kier alpha value is -2.50. The van der Waals surface area contributed by atoms with Gasteiger partial charge in [-0.2, -0.15) is 0 Å². The highest BCUT2D eigenvalue weighted by atomic mass is 35.5. The molecule has 0 saturated carbocycles. The zero-order valence-electron chi connectivity index (χ0n) is 24.0. The van der Waals surface area contributed by atoms with E-state index in [-0.39, 0.29) is 6.10 Å². The summed E-state index contributed by atoms with van der Waals surface area (Å²) in [5.41, 5.74) is 3.09. The van der Waals surface area contributed by atoms with Crippen LogP contribution in [0.15, 0.2) is 84.7 Å². The van der Waals surface area contributed by atoms with Gasteiger partial charge >= 0.3 is 0 Å². The van der Waals surface area contributed by atoms with Crippen LogP contribution in [-0.2, 0) is 34.8 Å². The van der Waals surface area contributed by atoms with E-state index in [9.17, 15) is 0 Å². The molecule has 1 aliphatic heterocycles. The SMILES string of the molecule is CCn1cc(-c2ccc(OCC3COC(Cn4ccnc4)(c4ccc(Cl)s4)O3)cc2)nc1SCCCc1ccc(Cl)cc1Cl. The van der Waals surface area contributed by atoms with E-state index in [1.807, 2.05) is 59.3 Å². The molecule has 5 aromatic rings. The zero-order chi connectivity index (χ0) is 30.5. The molecule has 0 radical (unpaired) electrons. The van der Waals surface area contributed by atoms with Crippen molar-refractivity contribution in [3.8, 4) is 17.0 Å². The van der Waals surface area contributed by atoms with Crippen LogP contribution < -0.4 is 4.74 Å². The third kappa shape index (κ3) is 7.48. The number of halogens is 3. The molecular weight excluding hydrogens is 659 g/mol. The fourth-order valence-corrected chi connectivity index (χ4v) is 7.62. The van der Waals surface area contributed by atoms with Crippen LogP contribution >= 0.6 is 57.9 Å². The van der Waals surface area contributed by atoms with E-state index in [1.165, 1.54) is 11.3 Å². The number of ether oxygens (including phenoxy) is 3. The molecule has 0 spiro atoms. The summed E-state index contributed by atoms with van der Waals surface area (Å²) in [6.45, 7) is 4.21. The minimum atomic E-state index is -0.937. The van der Waals surface area contributed by atoms with E-state index in [2.05, 4.69) is 22.7 Å². The van der Waals surface area contributed by atoms with Crippen molar-refractivity contribution >= 4 is 57.9 Å². The molecule has 1 fully saturated rings. The first kappa shape index (κ1) is 31.5. The minimum absolute atomic E-state index is 0.241. The van der Waals surface area contributed by atoms with Crippen LogP contribution in [0.3, 0.4) is 0 Å². The predicted octanol–water partition coefficient (Wildman–Crippen LogP) is 8.86. The Labute approximate surface area is 280 Å². The number of rotatable bonds is 13. The third-order valence-electron chi connectivity index (χ3n) is 7.26. The van der Waals surface area contributed by atoms with Gasteiger partial charge in [-0.25, -0.2) is 9.97 Å². The summed E-state index contributed by atoms with van der Waals surface area (Å²) in [6, 6.07) is 17.5. The Balaban J connectivity index is 1.03. The molecule has 2 unspecified atom stereocenters. The third-order valence-corrected chi connectivity index (χ3v) is 10.3. The number of thioether (sulfide) groups is 1. The molecule has 3 aromatic heterocycles. The number of imidazole rings is 2. The summed E-state index contributed by atoms with van der Waals surface area (Å²) in [7, 11) is 0. The molecule has 1 aliphatic rings. The fourth-order valence-electron chi connectivity index (χ4n) is 5.02. The molecular formula is C32H31Cl3N4O3S2. The van der Waals surface area contributed by atoms with Gasteiger partial charge in [-0.15, -0.1) is 11.3 Å². The largest absolute Gasteiger partial charge is 0.491 e. The first-order valence-corrected chi connectivity index (χ1v) is 17.2. The summed E-state index contributed by atoms with van der Waals surface area (Å²) in [5.74, 6) is 0.764. The van der Waals surface area contributed by atoms with Gasteiger partial charge in [0.25, 0.3) is 0 Å². The average Bonchev–Trinajstić information content (AvgIpc) is 3.84. The maximum absolute atomic E-state index is 6.47. The summed E-state index contributed by atoms with van der Waals surface area (Å²) in [6.07, 6.45) is 9.13. The van der Waals surface area contributed by atoms with Crippen molar-refractivity contribution in [1.82, 2.24) is 19.1 Å². The maximum Gasteiger partial charge on any atom is 0.223 e. The Morgan fingerprint density at radius 3 is 2.70 bits per heavy atom. The number of nitrogens with zero attached hydrogens (tertiary/aromatic N) is 4. The van der Waals surface area contributed by atoms with E-state index in [4.69, 9.17) is 54.0 Å². The minimum Gasteiger partial charge on any atom is -0.491 e. The topological polar surface area (TPSA) is 63.3 Å². The van der Waals surface area contributed by atoms with Gasteiger partial charge in [-0.3, -0.25) is 0 Å². The second-order valence-electron chi connectivity index (χ2n) is 10.4. The lowest BCUT2D eigenvalue weighted by Crippen LogP contribution is -2.33. The second-order valence-corrected chi connectivity index (χ2v) is 14.0. The van der Waals surface area contributed by atoms with Crippen LogP contribution in [-0.4, -0.2) is 44.2 Å². The fraction of sp³-hybridized carbons (Fsp3) is 0.312. The summed E-state index contributed by atoms with van der Waals surface area (Å²) in [4.78, 5) is 10.00. The van der Waals surface area contributed by atoms with Crippen LogP contribution in [0.2, 0.25) is 14.4 Å². The predicted molar refractivity (Wildman–Crippen MR) is 178 cm³/mol. The van der Waals surface area contributed by atoms with Gasteiger partial charge in [0, 0.05) is 46.5 Å². The molecule has 6 rings (SSSR count). The van der Waals surface area contributed by atoms with Crippen molar-refractivity contribution in [2.45, 2.75) is 49.9 Å². The molecule has 12 heteroatoms. The lowest BCUT2D eigenvalue weighted by molar-refractivity contribution is -0.186. The van der Waals surface area contributed by atoms with E-state index in [0.717, 1.165) is 62.8 Å². The molecule has 4 heterocycles. The van der Waals surface area contributed by atoms with E-state index >= 15 is 0 Å². The zero-order valence-corrected chi connectivity index (χ0v) is 27.9. The second kappa shape index (κ2) is 14.3. The molecule has 2 atom stereocenters. The number of thiophene rings is 1. The molecule has 7 nitrogen and oxygen atoms in total. The van der Waals surface area contributed by atoms with Crippen molar-refractivity contribution < 1.29 is 14.2 Å². The highest BCUT2D eigenvalue weighted by Crippen LogP contribution is 2.41. The summed E-state index contributed by atoms with van der Waals surface area (Å²) >= 11 is 21.8. The Morgan fingerprint density at radius 2 is 1.98 bits per heavy atom. The van der Waals surface area contributed by atoms with Gasteiger partial charge in [0.2, 0.25) is 5.79 Å². The monoisotopic (exact) mass is 688 g/mol. The van der Waals surface area contributed by atoms with E-state index in [1.54, 1.807) is 30.4 Å². The van der Waals surface area contributed by atoms with Crippen LogP contribution in [0.1, 0.15) is 23.8 Å². The maximum atomic E-state index is 6.47. The number of hydrogen-bond acceptors (Lipinski definition) is 7. The van der Waals surface area contributed by atoms with E-state index < -0.39 is 5.79 Å². The van der Waals surface area contributed by atoms with Crippen molar-refractivity contribution in [2.75, 3.05) is 19.0 Å². The smallest absolute Gasteiger partial charge is 0.223 e. The average molecular weight is 690 g/mol. The molecule has 0 N–H and O–H groups in total. The van der Waals surface area contributed by atoms with Crippen molar-refractivity contribution in [2.24, 2.45) is 0 Å². The van der Waals surface area contributed by atoms with Crippen molar-refractivity contribution in [3.63, 3.8) is 0 Å². The van der Waals surface area contributed by atoms with Gasteiger partial charge in [-0.1, -0.05) is 52.6 Å². The number of aromatic nitrogens is 4. The molecule has 0 aliphatic carbocycles. The highest BCUT2D eigenvalue weighted by Gasteiger charge is 2.45. The van der Waals surface area contributed by atoms with Gasteiger partial charge in [0.1, 0.15) is 18.5 Å². The van der Waals surface area contributed by atoms with Crippen LogP contribution in [0, 0.1) is 0 Å². The number of benzene rings is 2. The normalized spacial score (nSPS) is 18.2. The molecule has 0 bridgehead atoms. The molecule has 0 amide bonds. The molecule has 1 saturated heterocycles. The summed E-state index contributed by atoms with van der Waals surface area (Å²) in [5, 5.41) is 2.39. The van der Waals surface area contributed by atoms with Gasteiger partial charge in [-0.05, 0) is 73.9 Å². The Morgan fingerprint density at radius 1 is 1.11 bits per heavy atom. The Kier molecular flexibility index (Phi) is 10.2. The Bertz CT molecular complexity index is 1680.